The van der Waals surface area contributed by atoms with Gasteiger partial charge in [-0.05, 0) is 30.2 Å². The maximum Gasteiger partial charge on any atom is 0.319 e. The molecule has 214 valence electrons. The van der Waals surface area contributed by atoms with E-state index in [1.165, 1.54) is 5.56 Å². The highest BCUT2D eigenvalue weighted by molar-refractivity contribution is 7.98. The number of hydrogen-bond acceptors (Lipinski definition) is 6. The molecule has 0 spiro atoms. The Hall–Kier alpha value is -4.76. The Labute approximate surface area is 250 Å². The molecule has 5 aromatic rings. The maximum absolute atomic E-state index is 13.4. The van der Waals surface area contributed by atoms with Crippen molar-refractivity contribution in [3.8, 4) is 17.2 Å². The summed E-state index contributed by atoms with van der Waals surface area (Å²) in [5, 5.41) is 16.1. The Bertz CT molecular complexity index is 1590. The molecule has 0 aliphatic heterocycles. The van der Waals surface area contributed by atoms with E-state index in [0.717, 1.165) is 27.7 Å². The van der Waals surface area contributed by atoms with Gasteiger partial charge >= 0.3 is 6.03 Å². The fourth-order valence-electron chi connectivity index (χ4n) is 4.52. The van der Waals surface area contributed by atoms with Gasteiger partial charge in [-0.15, -0.1) is 10.2 Å². The van der Waals surface area contributed by atoms with Gasteiger partial charge in [0.2, 0.25) is 0 Å². The Morgan fingerprint density at radius 1 is 0.833 bits per heavy atom. The second kappa shape index (κ2) is 13.7. The topological polar surface area (TPSA) is 90.3 Å². The van der Waals surface area contributed by atoms with Gasteiger partial charge in [-0.2, -0.15) is 0 Å². The predicted octanol–water partition coefficient (Wildman–Crippen LogP) is 6.99. The van der Waals surface area contributed by atoms with Crippen LogP contribution < -0.4 is 20.1 Å². The van der Waals surface area contributed by atoms with E-state index in [0.29, 0.717) is 29.4 Å². The van der Waals surface area contributed by atoms with Gasteiger partial charge in [0.1, 0.15) is 11.5 Å². The molecular weight excluding hydrogens is 546 g/mol. The monoisotopic (exact) mass is 579 g/mol. The van der Waals surface area contributed by atoms with Gasteiger partial charge in [0.25, 0.3) is 0 Å². The van der Waals surface area contributed by atoms with Crippen molar-refractivity contribution >= 4 is 23.5 Å². The highest BCUT2D eigenvalue weighted by Gasteiger charge is 2.25. The quantitative estimate of drug-likeness (QED) is 0.164. The molecule has 2 N–H and O–H groups in total. The first-order valence-electron chi connectivity index (χ1n) is 13.6. The van der Waals surface area contributed by atoms with Gasteiger partial charge in [-0.3, -0.25) is 4.57 Å². The normalized spacial score (nSPS) is 11.5. The van der Waals surface area contributed by atoms with Crippen LogP contribution in [0.3, 0.4) is 0 Å². The molecule has 8 nitrogen and oxygen atoms in total. The molecule has 1 atom stereocenters. The summed E-state index contributed by atoms with van der Waals surface area (Å²) in [6.07, 6.45) is 0.517. The van der Waals surface area contributed by atoms with Crippen LogP contribution in [0.25, 0.3) is 5.69 Å². The minimum absolute atomic E-state index is 0.386. The molecule has 4 aromatic carbocycles. The van der Waals surface area contributed by atoms with Crippen LogP contribution in [-0.4, -0.2) is 35.0 Å². The van der Waals surface area contributed by atoms with Gasteiger partial charge in [-0.25, -0.2) is 4.79 Å². The lowest BCUT2D eigenvalue weighted by atomic mass is 10.1. The summed E-state index contributed by atoms with van der Waals surface area (Å²) in [7, 11) is 3.14. The summed E-state index contributed by atoms with van der Waals surface area (Å²) in [5.41, 5.74) is 4.87. The minimum Gasteiger partial charge on any atom is -0.497 e. The van der Waals surface area contributed by atoms with E-state index in [9.17, 15) is 4.79 Å². The van der Waals surface area contributed by atoms with Crippen LogP contribution in [0.2, 0.25) is 0 Å². The first-order chi connectivity index (χ1) is 20.5. The zero-order valence-electron chi connectivity index (χ0n) is 23.8. The molecule has 1 aromatic heterocycles. The highest BCUT2D eigenvalue weighted by Crippen LogP contribution is 2.30. The number of amides is 2. The molecular formula is C33H33N5O3S. The third-order valence-corrected chi connectivity index (χ3v) is 7.67. The van der Waals surface area contributed by atoms with E-state index in [2.05, 4.69) is 64.2 Å². The van der Waals surface area contributed by atoms with Crippen molar-refractivity contribution in [2.45, 2.75) is 30.3 Å². The molecule has 0 saturated carbocycles. The maximum atomic E-state index is 13.4. The van der Waals surface area contributed by atoms with Crippen molar-refractivity contribution in [3.63, 3.8) is 0 Å². The zero-order chi connectivity index (χ0) is 29.3. The van der Waals surface area contributed by atoms with Crippen LogP contribution in [-0.2, 0) is 12.2 Å². The number of carbonyl (C=O) groups is 1. The summed E-state index contributed by atoms with van der Waals surface area (Å²) in [6, 6.07) is 32.9. The van der Waals surface area contributed by atoms with Crippen LogP contribution in [0.1, 0.15) is 28.6 Å². The fourth-order valence-corrected chi connectivity index (χ4v) is 5.44. The molecule has 0 radical (unpaired) electrons. The largest absolute Gasteiger partial charge is 0.497 e. The van der Waals surface area contributed by atoms with E-state index in [1.54, 1.807) is 44.2 Å². The first kappa shape index (κ1) is 28.8. The number of rotatable bonds is 11. The number of nitrogens with zero attached hydrogens (tertiary/aromatic N) is 3. The standard InChI is InChI=1S/C33H33N5O3S/c1-23-14-16-27(17-15-23)38-31(36-37-33(38)42-22-25-12-8-5-9-13-25)30(18-24-10-6-4-7-11-24)35-32(39)34-26-19-28(40-2)21-29(20-26)41-3/h4-17,19-21,30H,18,22H2,1-3H3,(H2,34,35,39). The lowest BCUT2D eigenvalue weighted by molar-refractivity contribution is 0.247. The number of aryl methyl sites for hydroxylation is 1. The number of hydrogen-bond donors (Lipinski definition) is 2. The SMILES string of the molecule is COc1cc(NC(=O)NC(Cc2ccccc2)c2nnc(SCc3ccccc3)n2-c2ccc(C)cc2)cc(OC)c1. The number of carbonyl (C=O) groups excluding carboxylic acids is 1. The number of methoxy groups -OCH3 is 2. The number of thioether (sulfide) groups is 1. The average Bonchev–Trinajstić information content (AvgIpc) is 3.44. The van der Waals surface area contributed by atoms with Gasteiger partial charge in [-0.1, -0.05) is 90.1 Å². The summed E-state index contributed by atoms with van der Waals surface area (Å²) < 4.78 is 12.8. The number of anilines is 1. The summed E-state index contributed by atoms with van der Waals surface area (Å²) >= 11 is 1.61. The first-order valence-corrected chi connectivity index (χ1v) is 14.5. The van der Waals surface area contributed by atoms with Crippen molar-refractivity contribution in [2.24, 2.45) is 0 Å². The molecule has 0 aliphatic rings. The molecule has 0 saturated heterocycles. The molecule has 0 bridgehead atoms. The third-order valence-electron chi connectivity index (χ3n) is 6.67. The number of aromatic nitrogens is 3. The number of nitrogens with one attached hydrogen (secondary N) is 2. The molecule has 1 unspecified atom stereocenters. The van der Waals surface area contributed by atoms with Crippen molar-refractivity contribution in [3.05, 3.63) is 126 Å². The fraction of sp³-hybridized carbons (Fsp3) is 0.182. The summed E-state index contributed by atoms with van der Waals surface area (Å²) in [4.78, 5) is 13.4. The van der Waals surface area contributed by atoms with E-state index in [1.807, 2.05) is 53.1 Å². The Kier molecular flexibility index (Phi) is 9.41. The van der Waals surface area contributed by atoms with E-state index >= 15 is 0 Å². The van der Waals surface area contributed by atoms with Gasteiger partial charge in [0.15, 0.2) is 11.0 Å². The minimum atomic E-state index is -0.486. The molecule has 42 heavy (non-hydrogen) atoms. The lowest BCUT2D eigenvalue weighted by Gasteiger charge is -2.21. The molecule has 5 rings (SSSR count). The van der Waals surface area contributed by atoms with E-state index in [4.69, 9.17) is 9.47 Å². The molecule has 0 aliphatic carbocycles. The van der Waals surface area contributed by atoms with Crippen molar-refractivity contribution in [1.82, 2.24) is 20.1 Å². The predicted molar refractivity (Wildman–Crippen MR) is 167 cm³/mol. The van der Waals surface area contributed by atoms with Crippen molar-refractivity contribution in [2.75, 3.05) is 19.5 Å². The second-order valence-corrected chi connectivity index (χ2v) is 10.7. The third kappa shape index (κ3) is 7.30. The number of benzene rings is 4. The van der Waals surface area contributed by atoms with E-state index in [-0.39, 0.29) is 6.03 Å². The van der Waals surface area contributed by atoms with Crippen LogP contribution >= 0.6 is 11.8 Å². The van der Waals surface area contributed by atoms with E-state index < -0.39 is 6.04 Å². The Morgan fingerprint density at radius 2 is 1.45 bits per heavy atom. The summed E-state index contributed by atoms with van der Waals surface area (Å²) in [6.45, 7) is 2.06. The van der Waals surface area contributed by atoms with Crippen LogP contribution in [0, 0.1) is 6.92 Å². The highest BCUT2D eigenvalue weighted by atomic mass is 32.2. The van der Waals surface area contributed by atoms with Crippen molar-refractivity contribution in [1.29, 1.82) is 0 Å². The molecule has 2 amide bonds. The smallest absolute Gasteiger partial charge is 0.319 e. The number of urea groups is 1. The molecule has 0 fully saturated rings. The van der Waals surface area contributed by atoms with Crippen LogP contribution in [0.5, 0.6) is 11.5 Å². The summed E-state index contributed by atoms with van der Waals surface area (Å²) in [5.74, 6) is 2.52. The van der Waals surface area contributed by atoms with Gasteiger partial charge in [0, 0.05) is 41.7 Å². The zero-order valence-corrected chi connectivity index (χ0v) is 24.6. The van der Waals surface area contributed by atoms with Crippen LogP contribution in [0.15, 0.2) is 108 Å². The second-order valence-electron chi connectivity index (χ2n) is 9.73. The molecule has 9 heteroatoms. The molecule has 1 heterocycles. The lowest BCUT2D eigenvalue weighted by Crippen LogP contribution is -2.35. The van der Waals surface area contributed by atoms with Crippen LogP contribution in [0.4, 0.5) is 10.5 Å². The van der Waals surface area contributed by atoms with Crippen molar-refractivity contribution < 1.29 is 14.3 Å². The Balaban J connectivity index is 1.49. The van der Waals surface area contributed by atoms with Gasteiger partial charge in [0.05, 0.1) is 20.3 Å². The Morgan fingerprint density at radius 3 is 2.07 bits per heavy atom. The average molecular weight is 580 g/mol. The van der Waals surface area contributed by atoms with Gasteiger partial charge < -0.3 is 20.1 Å². The number of ether oxygens (including phenoxy) is 2.